The number of hydrogen-bond donors (Lipinski definition) is 1. The van der Waals surface area contributed by atoms with Crippen LogP contribution in [0.25, 0.3) is 60.9 Å². The molecule has 1 heterocycles. The molecule has 7 aromatic carbocycles. The first kappa shape index (κ1) is 38.5. The van der Waals surface area contributed by atoms with Crippen molar-refractivity contribution in [2.24, 2.45) is 15.9 Å². The van der Waals surface area contributed by atoms with Gasteiger partial charge in [-0.1, -0.05) is 158 Å². The lowest BCUT2D eigenvalue weighted by Crippen LogP contribution is -2.30. The highest BCUT2D eigenvalue weighted by Crippen LogP contribution is 2.60. The highest BCUT2D eigenvalue weighted by molar-refractivity contribution is 6.16. The summed E-state index contributed by atoms with van der Waals surface area (Å²) in [6.07, 6.45) is 11.1. The van der Waals surface area contributed by atoms with Crippen molar-refractivity contribution in [1.29, 1.82) is 10.7 Å². The van der Waals surface area contributed by atoms with Gasteiger partial charge in [-0.25, -0.2) is 9.98 Å². The molecule has 5 heteroatoms. The lowest BCUT2D eigenvalue weighted by atomic mass is 9.65. The third-order valence-electron chi connectivity index (χ3n) is 13.8. The van der Waals surface area contributed by atoms with E-state index in [-0.39, 0.29) is 17.2 Å². The number of nitriles is 1. The number of allylic oxidation sites excluding steroid dienone is 2. The van der Waals surface area contributed by atoms with Gasteiger partial charge in [-0.05, 0) is 118 Å². The fourth-order valence-electron chi connectivity index (χ4n) is 10.7. The van der Waals surface area contributed by atoms with Crippen molar-refractivity contribution in [2.75, 3.05) is 0 Å². The van der Waals surface area contributed by atoms with Gasteiger partial charge >= 0.3 is 0 Å². The molecule has 304 valence electrons. The molecule has 1 fully saturated rings. The maximum absolute atomic E-state index is 10.0. The van der Waals surface area contributed by atoms with Crippen LogP contribution in [0.2, 0.25) is 0 Å². The van der Waals surface area contributed by atoms with Crippen LogP contribution in [0.1, 0.15) is 79.2 Å². The Kier molecular flexibility index (Phi) is 9.85. The van der Waals surface area contributed by atoms with Crippen molar-refractivity contribution in [3.05, 3.63) is 197 Å². The summed E-state index contributed by atoms with van der Waals surface area (Å²) in [6.45, 7) is 0. The Balaban J connectivity index is 0.908. The largest absolute Gasteiger partial charge is 0.456 e. The van der Waals surface area contributed by atoms with Gasteiger partial charge in [0, 0.05) is 33.5 Å². The van der Waals surface area contributed by atoms with E-state index in [1.54, 1.807) is 5.57 Å². The summed E-state index contributed by atoms with van der Waals surface area (Å²) in [5.41, 5.74) is 17.2. The monoisotopic (exact) mass is 814 g/mol. The van der Waals surface area contributed by atoms with Gasteiger partial charge in [-0.2, -0.15) is 5.26 Å². The molecule has 1 N–H and O–H groups in total. The summed E-state index contributed by atoms with van der Waals surface area (Å²) in [5.74, 6) is 0.663. The van der Waals surface area contributed by atoms with Crippen LogP contribution in [0.5, 0.6) is 0 Å². The molecule has 8 aromatic rings. The standard InChI is InChI=1S/C58H46N4O/c59-36-39-21-29-51-50(33-39)55-47(16-10-17-52(55)58(51)31-7-2-8-32-58)45-14-9-13-44(34-45)42-22-19-38(20-23-42)37-61-57(46-28-30-54-49(35-46)48-15-5-6-18-53(48)63-54)62-56(60)43-26-24-41(25-27-43)40-11-3-1-4-12-40/h1,3-6,9-20,22-28,30,34-35,37,39,60H,2,7-8,21,29,31-33H2/b60-56?,61-37+,62-57-. The Labute approximate surface area is 368 Å². The van der Waals surface area contributed by atoms with Crippen LogP contribution < -0.4 is 0 Å². The molecule has 63 heavy (non-hydrogen) atoms. The lowest BCUT2D eigenvalue weighted by molar-refractivity contribution is 0.331. The van der Waals surface area contributed by atoms with E-state index in [9.17, 15) is 5.26 Å². The number of nitrogens with zero attached hydrogens (tertiary/aromatic N) is 3. The van der Waals surface area contributed by atoms with E-state index >= 15 is 0 Å². The Hall–Kier alpha value is -7.42. The molecule has 3 aliphatic carbocycles. The minimum absolute atomic E-state index is 0.0874. The highest BCUT2D eigenvalue weighted by atomic mass is 16.3. The van der Waals surface area contributed by atoms with Crippen molar-refractivity contribution < 1.29 is 4.42 Å². The third-order valence-corrected chi connectivity index (χ3v) is 13.8. The number of rotatable bonds is 6. The molecule has 1 aromatic heterocycles. The van der Waals surface area contributed by atoms with Gasteiger partial charge in [-0.3, -0.25) is 5.41 Å². The Morgan fingerprint density at radius 3 is 2.16 bits per heavy atom. The SMILES string of the molecule is N#CC1CCC2=C(C1)c1c(-c3cccc(-c4ccc(/C=N/C(=N\C(=N)c5ccc(-c6ccccc6)cc5)c5ccc6oc7ccccc7c6c5)cc4)c3)cccc1C21CCCCC1. The summed E-state index contributed by atoms with van der Waals surface area (Å²) in [4.78, 5) is 9.81. The first-order chi connectivity index (χ1) is 31.0. The molecule has 0 saturated heterocycles. The first-order valence-electron chi connectivity index (χ1n) is 22.3. The van der Waals surface area contributed by atoms with Crippen molar-refractivity contribution in [2.45, 2.75) is 56.8 Å². The fraction of sp³-hybridized carbons (Fsp3) is 0.172. The van der Waals surface area contributed by atoms with E-state index in [0.717, 1.165) is 74.6 Å². The molecule has 1 spiro atoms. The van der Waals surface area contributed by atoms with Crippen molar-refractivity contribution in [1.82, 2.24) is 0 Å². The Morgan fingerprint density at radius 1 is 0.651 bits per heavy atom. The zero-order chi connectivity index (χ0) is 42.3. The maximum Gasteiger partial charge on any atom is 0.161 e. The van der Waals surface area contributed by atoms with E-state index in [2.05, 4.69) is 97.1 Å². The van der Waals surface area contributed by atoms with Crippen molar-refractivity contribution in [3.8, 4) is 39.4 Å². The second-order valence-electron chi connectivity index (χ2n) is 17.4. The molecule has 0 aliphatic heterocycles. The number of hydrogen-bond acceptors (Lipinski definition) is 3. The average molecular weight is 815 g/mol. The van der Waals surface area contributed by atoms with Gasteiger partial charge in [0.1, 0.15) is 11.2 Å². The Bertz CT molecular complexity index is 3190. The van der Waals surface area contributed by atoms with Crippen LogP contribution in [-0.2, 0) is 5.41 Å². The third kappa shape index (κ3) is 7.02. The minimum atomic E-state index is 0.0874. The van der Waals surface area contributed by atoms with E-state index in [1.807, 2.05) is 79.0 Å². The number of fused-ring (bicyclic) bond motifs is 7. The van der Waals surface area contributed by atoms with Gasteiger partial charge in [0.2, 0.25) is 0 Å². The quantitative estimate of drug-likeness (QED) is 0.134. The molecule has 5 nitrogen and oxygen atoms in total. The number of amidine groups is 2. The summed E-state index contributed by atoms with van der Waals surface area (Å²) >= 11 is 0. The molecule has 1 saturated carbocycles. The second-order valence-corrected chi connectivity index (χ2v) is 17.4. The molecule has 11 rings (SSSR count). The van der Waals surface area contributed by atoms with Crippen LogP contribution in [-0.4, -0.2) is 17.9 Å². The zero-order valence-electron chi connectivity index (χ0n) is 35.1. The molecular formula is C58H46N4O. The number of benzene rings is 7. The highest BCUT2D eigenvalue weighted by Gasteiger charge is 2.47. The van der Waals surface area contributed by atoms with Crippen molar-refractivity contribution >= 4 is 45.4 Å². The molecule has 3 aliphatic rings. The van der Waals surface area contributed by atoms with Gasteiger partial charge < -0.3 is 4.42 Å². The minimum Gasteiger partial charge on any atom is -0.456 e. The predicted octanol–water partition coefficient (Wildman–Crippen LogP) is 14.8. The second kappa shape index (κ2) is 16.1. The van der Waals surface area contributed by atoms with Crippen LogP contribution in [0.15, 0.2) is 184 Å². The van der Waals surface area contributed by atoms with E-state index in [0.29, 0.717) is 11.4 Å². The predicted molar refractivity (Wildman–Crippen MR) is 259 cm³/mol. The van der Waals surface area contributed by atoms with Gasteiger partial charge in [0.25, 0.3) is 0 Å². The Morgan fingerprint density at radius 2 is 1.33 bits per heavy atom. The van der Waals surface area contributed by atoms with Crippen LogP contribution in [0.3, 0.4) is 0 Å². The van der Waals surface area contributed by atoms with Gasteiger partial charge in [0.05, 0.1) is 12.0 Å². The van der Waals surface area contributed by atoms with Crippen LogP contribution in [0, 0.1) is 22.7 Å². The van der Waals surface area contributed by atoms with E-state index in [1.165, 1.54) is 59.9 Å². The number of nitrogens with one attached hydrogen (secondary N) is 1. The van der Waals surface area contributed by atoms with Crippen LogP contribution in [0.4, 0.5) is 0 Å². The topological polar surface area (TPSA) is 85.5 Å². The normalized spacial score (nSPS) is 17.0. The molecule has 0 radical (unpaired) electrons. The molecule has 0 bridgehead atoms. The first-order valence-corrected chi connectivity index (χ1v) is 22.3. The summed E-state index contributed by atoms with van der Waals surface area (Å²) in [6, 6.07) is 59.2. The van der Waals surface area contributed by atoms with E-state index in [4.69, 9.17) is 19.8 Å². The fourth-order valence-corrected chi connectivity index (χ4v) is 10.7. The molecule has 0 amide bonds. The number of para-hydroxylation sites is 1. The maximum atomic E-state index is 10.0. The smallest absolute Gasteiger partial charge is 0.161 e. The van der Waals surface area contributed by atoms with Gasteiger partial charge in [0.15, 0.2) is 11.7 Å². The van der Waals surface area contributed by atoms with Crippen LogP contribution >= 0.6 is 0 Å². The lowest BCUT2D eigenvalue weighted by Gasteiger charge is -2.39. The summed E-state index contributed by atoms with van der Waals surface area (Å²) in [5, 5.41) is 21.1. The van der Waals surface area contributed by atoms with E-state index < -0.39 is 0 Å². The van der Waals surface area contributed by atoms with Gasteiger partial charge in [-0.15, -0.1) is 0 Å². The molecule has 1 unspecified atom stereocenters. The number of aliphatic imine (C=N–C) groups is 2. The summed E-state index contributed by atoms with van der Waals surface area (Å²) < 4.78 is 6.13. The average Bonchev–Trinajstić information content (AvgIpc) is 3.85. The zero-order valence-corrected chi connectivity index (χ0v) is 35.1. The van der Waals surface area contributed by atoms with Crippen molar-refractivity contribution in [3.63, 3.8) is 0 Å². The number of furan rings is 1. The molecular weight excluding hydrogens is 769 g/mol. The summed E-state index contributed by atoms with van der Waals surface area (Å²) in [7, 11) is 0. The molecule has 1 atom stereocenters.